The van der Waals surface area contributed by atoms with Crippen molar-refractivity contribution in [2.75, 3.05) is 18.4 Å². The summed E-state index contributed by atoms with van der Waals surface area (Å²) in [6.45, 7) is 5.39. The molecular formula is C18H29FN4. The van der Waals surface area contributed by atoms with E-state index in [1.807, 2.05) is 6.07 Å². The molecule has 0 radical (unpaired) electrons. The topological polar surface area (TPSA) is 62.4 Å². The van der Waals surface area contributed by atoms with Gasteiger partial charge in [-0.15, -0.1) is 0 Å². The number of guanidine groups is 1. The van der Waals surface area contributed by atoms with Crippen LogP contribution in [0.2, 0.25) is 0 Å². The summed E-state index contributed by atoms with van der Waals surface area (Å²) in [6.07, 6.45) is 6.12. The average molecular weight is 320 g/mol. The van der Waals surface area contributed by atoms with Crippen LogP contribution in [-0.4, -0.2) is 25.1 Å². The van der Waals surface area contributed by atoms with Crippen molar-refractivity contribution in [2.45, 2.75) is 52.0 Å². The summed E-state index contributed by atoms with van der Waals surface area (Å²) in [7, 11) is 0. The lowest BCUT2D eigenvalue weighted by Gasteiger charge is -2.26. The maximum Gasteiger partial charge on any atom is 0.196 e. The normalized spacial score (nSPS) is 17.1. The Morgan fingerprint density at radius 3 is 2.70 bits per heavy atom. The first kappa shape index (κ1) is 17.7. The fourth-order valence-corrected chi connectivity index (χ4v) is 2.62. The number of hydrogen-bond acceptors (Lipinski definition) is 2. The lowest BCUT2D eigenvalue weighted by molar-refractivity contribution is 0.389. The van der Waals surface area contributed by atoms with E-state index in [0.717, 1.165) is 12.8 Å². The minimum atomic E-state index is -0.255. The Hall–Kier alpha value is -1.62. The molecule has 1 aliphatic carbocycles. The molecule has 0 aromatic heterocycles. The van der Waals surface area contributed by atoms with Crippen molar-refractivity contribution >= 4 is 11.6 Å². The molecule has 5 heteroatoms. The zero-order valence-electron chi connectivity index (χ0n) is 14.2. The molecule has 1 aromatic carbocycles. The SMILES string of the molecule is CC(C)(CN)CN=C(Nc1cccc(F)c1)NC1CCCCC1. The summed E-state index contributed by atoms with van der Waals surface area (Å²) in [5.74, 6) is 0.457. The predicted octanol–water partition coefficient (Wildman–Crippen LogP) is 3.50. The lowest BCUT2D eigenvalue weighted by Crippen LogP contribution is -2.41. The Kier molecular flexibility index (Phi) is 6.39. The first-order valence-electron chi connectivity index (χ1n) is 8.52. The van der Waals surface area contributed by atoms with E-state index in [4.69, 9.17) is 5.73 Å². The van der Waals surface area contributed by atoms with E-state index >= 15 is 0 Å². The van der Waals surface area contributed by atoms with Gasteiger partial charge in [-0.25, -0.2) is 4.39 Å². The van der Waals surface area contributed by atoms with E-state index in [2.05, 4.69) is 29.5 Å². The molecule has 0 heterocycles. The monoisotopic (exact) mass is 320 g/mol. The summed E-state index contributed by atoms with van der Waals surface area (Å²) in [5.41, 5.74) is 6.44. The van der Waals surface area contributed by atoms with E-state index in [1.54, 1.807) is 6.07 Å². The number of rotatable bonds is 5. The number of benzene rings is 1. The van der Waals surface area contributed by atoms with Gasteiger partial charge in [0, 0.05) is 18.3 Å². The van der Waals surface area contributed by atoms with Crippen LogP contribution in [0.1, 0.15) is 46.0 Å². The van der Waals surface area contributed by atoms with Crippen molar-refractivity contribution in [1.29, 1.82) is 0 Å². The molecule has 23 heavy (non-hydrogen) atoms. The molecule has 1 aromatic rings. The van der Waals surface area contributed by atoms with Crippen LogP contribution in [0.3, 0.4) is 0 Å². The molecule has 4 nitrogen and oxygen atoms in total. The number of nitrogens with one attached hydrogen (secondary N) is 2. The third kappa shape index (κ3) is 6.18. The Balaban J connectivity index is 2.07. The molecule has 1 saturated carbocycles. The molecule has 128 valence electrons. The highest BCUT2D eigenvalue weighted by Gasteiger charge is 2.18. The van der Waals surface area contributed by atoms with E-state index in [0.29, 0.717) is 30.8 Å². The maximum atomic E-state index is 13.4. The van der Waals surface area contributed by atoms with Crippen LogP contribution in [0.5, 0.6) is 0 Å². The second kappa shape index (κ2) is 8.29. The zero-order chi connectivity index (χ0) is 16.7. The fourth-order valence-electron chi connectivity index (χ4n) is 2.62. The number of nitrogens with zero attached hydrogens (tertiary/aromatic N) is 1. The zero-order valence-corrected chi connectivity index (χ0v) is 14.2. The molecular weight excluding hydrogens is 291 g/mol. The molecule has 0 unspecified atom stereocenters. The minimum absolute atomic E-state index is 0.0525. The minimum Gasteiger partial charge on any atom is -0.353 e. The molecule has 0 spiro atoms. The van der Waals surface area contributed by atoms with Gasteiger partial charge in [0.25, 0.3) is 0 Å². The Morgan fingerprint density at radius 2 is 2.04 bits per heavy atom. The Bertz CT molecular complexity index is 522. The fraction of sp³-hybridized carbons (Fsp3) is 0.611. The predicted molar refractivity (Wildman–Crippen MR) is 95.2 cm³/mol. The Morgan fingerprint density at radius 1 is 1.30 bits per heavy atom. The molecule has 0 saturated heterocycles. The van der Waals surface area contributed by atoms with Crippen LogP contribution < -0.4 is 16.4 Å². The van der Waals surface area contributed by atoms with Crippen LogP contribution in [-0.2, 0) is 0 Å². The van der Waals surface area contributed by atoms with Crippen LogP contribution in [0.15, 0.2) is 29.3 Å². The first-order valence-corrected chi connectivity index (χ1v) is 8.52. The third-order valence-corrected chi connectivity index (χ3v) is 4.25. The average Bonchev–Trinajstić information content (AvgIpc) is 2.54. The quantitative estimate of drug-likeness (QED) is 0.575. The van der Waals surface area contributed by atoms with Gasteiger partial charge in [0.15, 0.2) is 5.96 Å². The van der Waals surface area contributed by atoms with E-state index in [9.17, 15) is 4.39 Å². The molecule has 0 aliphatic heterocycles. The number of nitrogens with two attached hydrogens (primary N) is 1. The summed E-state index contributed by atoms with van der Waals surface area (Å²) in [6, 6.07) is 6.89. The summed E-state index contributed by atoms with van der Waals surface area (Å²) in [4.78, 5) is 4.68. The molecule has 1 aliphatic rings. The Labute approximate surface area is 138 Å². The highest BCUT2D eigenvalue weighted by atomic mass is 19.1. The van der Waals surface area contributed by atoms with Crippen LogP contribution in [0.4, 0.5) is 10.1 Å². The van der Waals surface area contributed by atoms with Gasteiger partial charge in [-0.05, 0) is 43.0 Å². The van der Waals surface area contributed by atoms with Crippen LogP contribution in [0.25, 0.3) is 0 Å². The summed E-state index contributed by atoms with van der Waals surface area (Å²) < 4.78 is 13.4. The summed E-state index contributed by atoms with van der Waals surface area (Å²) >= 11 is 0. The van der Waals surface area contributed by atoms with Crippen LogP contribution in [0, 0.1) is 11.2 Å². The maximum absolute atomic E-state index is 13.4. The molecule has 0 atom stereocenters. The first-order chi connectivity index (χ1) is 11.0. The third-order valence-electron chi connectivity index (χ3n) is 4.25. The molecule has 0 bridgehead atoms. The van der Waals surface area contributed by atoms with E-state index < -0.39 is 0 Å². The molecule has 2 rings (SSSR count). The standard InChI is InChI=1S/C18H29FN4/c1-18(2,12-20)13-21-17(22-15-8-4-3-5-9-15)23-16-10-6-7-14(19)11-16/h6-7,10-11,15H,3-5,8-9,12-13,20H2,1-2H3,(H2,21,22,23). The highest BCUT2D eigenvalue weighted by molar-refractivity contribution is 5.93. The largest absolute Gasteiger partial charge is 0.353 e. The highest BCUT2D eigenvalue weighted by Crippen LogP contribution is 2.18. The van der Waals surface area contributed by atoms with E-state index in [-0.39, 0.29) is 11.2 Å². The van der Waals surface area contributed by atoms with Crippen molar-refractivity contribution in [1.82, 2.24) is 5.32 Å². The van der Waals surface area contributed by atoms with Crippen molar-refractivity contribution < 1.29 is 4.39 Å². The van der Waals surface area contributed by atoms with Gasteiger partial charge >= 0.3 is 0 Å². The van der Waals surface area contributed by atoms with Gasteiger partial charge in [0.05, 0.1) is 0 Å². The van der Waals surface area contributed by atoms with Crippen molar-refractivity contribution in [3.05, 3.63) is 30.1 Å². The number of hydrogen-bond donors (Lipinski definition) is 3. The second-order valence-corrected chi connectivity index (χ2v) is 7.15. The van der Waals surface area contributed by atoms with Gasteiger partial charge < -0.3 is 16.4 Å². The van der Waals surface area contributed by atoms with Gasteiger partial charge in [0.1, 0.15) is 5.82 Å². The smallest absolute Gasteiger partial charge is 0.196 e. The van der Waals surface area contributed by atoms with Crippen molar-refractivity contribution in [2.24, 2.45) is 16.1 Å². The number of aliphatic imine (C=N–C) groups is 1. The summed E-state index contributed by atoms with van der Waals surface area (Å²) in [5, 5.41) is 6.72. The number of anilines is 1. The van der Waals surface area contributed by atoms with Gasteiger partial charge in [-0.3, -0.25) is 4.99 Å². The van der Waals surface area contributed by atoms with Gasteiger partial charge in [-0.1, -0.05) is 39.2 Å². The molecule has 4 N–H and O–H groups in total. The second-order valence-electron chi connectivity index (χ2n) is 7.15. The van der Waals surface area contributed by atoms with Crippen molar-refractivity contribution in [3.63, 3.8) is 0 Å². The number of halogens is 1. The van der Waals surface area contributed by atoms with E-state index in [1.165, 1.54) is 31.4 Å². The van der Waals surface area contributed by atoms with Gasteiger partial charge in [0.2, 0.25) is 0 Å². The van der Waals surface area contributed by atoms with Gasteiger partial charge in [-0.2, -0.15) is 0 Å². The lowest BCUT2D eigenvalue weighted by atomic mass is 9.94. The van der Waals surface area contributed by atoms with Crippen molar-refractivity contribution in [3.8, 4) is 0 Å². The molecule has 1 fully saturated rings. The molecule has 0 amide bonds. The van der Waals surface area contributed by atoms with Crippen LogP contribution >= 0.6 is 0 Å².